The second-order valence-corrected chi connectivity index (χ2v) is 7.42. The van der Waals surface area contributed by atoms with Gasteiger partial charge in [-0.1, -0.05) is 18.2 Å². The van der Waals surface area contributed by atoms with E-state index in [-0.39, 0.29) is 30.1 Å². The maximum Gasteiger partial charge on any atom is 0.191 e. The van der Waals surface area contributed by atoms with E-state index in [9.17, 15) is 0 Å². The van der Waals surface area contributed by atoms with E-state index >= 15 is 0 Å². The molecular weight excluding hydrogens is 505 g/mol. The number of unbranched alkanes of at least 4 members (excludes halogenated alkanes) is 1. The van der Waals surface area contributed by atoms with Crippen LogP contribution in [-0.2, 0) is 11.3 Å². The largest absolute Gasteiger partial charge is 0.488 e. The molecule has 1 saturated heterocycles. The smallest absolute Gasteiger partial charge is 0.191 e. The first-order valence-electron chi connectivity index (χ1n) is 10.7. The van der Waals surface area contributed by atoms with Gasteiger partial charge in [-0.25, -0.2) is 4.98 Å². The van der Waals surface area contributed by atoms with Crippen LogP contribution in [0.2, 0.25) is 0 Å². The van der Waals surface area contributed by atoms with E-state index in [1.54, 1.807) is 13.2 Å². The van der Waals surface area contributed by atoms with E-state index in [0.29, 0.717) is 13.2 Å². The minimum Gasteiger partial charge on any atom is -0.488 e. The molecule has 0 bridgehead atoms. The quantitative estimate of drug-likeness (QED) is 0.185. The molecule has 3 rings (SSSR count). The fourth-order valence-corrected chi connectivity index (χ4v) is 3.24. The minimum absolute atomic E-state index is 0. The van der Waals surface area contributed by atoms with Crippen molar-refractivity contribution in [3.05, 3.63) is 53.7 Å². The topological polar surface area (TPSA) is 79.8 Å². The summed E-state index contributed by atoms with van der Waals surface area (Å²) in [5.41, 5.74) is 2.31. The number of nitrogens with zero attached hydrogens (tertiary/aromatic N) is 2. The number of benzene rings is 1. The van der Waals surface area contributed by atoms with Gasteiger partial charge in [0, 0.05) is 44.9 Å². The Morgan fingerprint density at radius 1 is 1.19 bits per heavy atom. The van der Waals surface area contributed by atoms with E-state index < -0.39 is 0 Å². The molecule has 2 heterocycles. The fourth-order valence-electron chi connectivity index (χ4n) is 3.24. The van der Waals surface area contributed by atoms with E-state index in [1.807, 2.05) is 18.2 Å². The molecule has 3 N–H and O–H groups in total. The molecule has 8 heteroatoms. The average molecular weight is 539 g/mol. The molecule has 0 spiro atoms. The van der Waals surface area contributed by atoms with Crippen LogP contribution in [0.15, 0.2) is 47.6 Å². The number of pyridine rings is 1. The molecule has 1 atom stereocenters. The Balaban J connectivity index is 0.00000341. The second kappa shape index (κ2) is 14.1. The van der Waals surface area contributed by atoms with Crippen molar-refractivity contribution in [2.24, 2.45) is 4.99 Å². The summed E-state index contributed by atoms with van der Waals surface area (Å²) in [4.78, 5) is 8.59. The first kappa shape index (κ1) is 25.2. The molecule has 0 aliphatic carbocycles. The first-order valence-corrected chi connectivity index (χ1v) is 10.7. The molecule has 1 aromatic carbocycles. The summed E-state index contributed by atoms with van der Waals surface area (Å²) in [6, 6.07) is 12.2. The Bertz CT molecular complexity index is 798. The van der Waals surface area contributed by atoms with Gasteiger partial charge in [0.2, 0.25) is 0 Å². The van der Waals surface area contributed by atoms with Gasteiger partial charge < -0.3 is 25.4 Å². The molecule has 2 aromatic rings. The van der Waals surface area contributed by atoms with Crippen LogP contribution >= 0.6 is 24.0 Å². The highest BCUT2D eigenvalue weighted by molar-refractivity contribution is 14.0. The van der Waals surface area contributed by atoms with Crippen LogP contribution in [0.3, 0.4) is 0 Å². The van der Waals surface area contributed by atoms with Crippen molar-refractivity contribution in [3.8, 4) is 5.75 Å². The SMILES string of the molecule is CN=C(NCCCCNc1ccccn1)NCc1ccc(C)cc1OC1CCOC1.I. The standard InChI is InChI=1S/C23H33N5O2.HI/c1-18-8-9-19(21(15-18)30-20-10-14-29-17-20)16-28-23(24-2)27-13-6-5-12-26-22-7-3-4-11-25-22;/h3-4,7-9,11,15,20H,5-6,10,12-14,16-17H2,1-2H3,(H,25,26)(H2,24,27,28);1H. The molecular formula is C23H34IN5O2. The number of hydrogen-bond acceptors (Lipinski definition) is 5. The molecule has 7 nitrogen and oxygen atoms in total. The highest BCUT2D eigenvalue weighted by atomic mass is 127. The van der Waals surface area contributed by atoms with Crippen LogP contribution in [-0.4, -0.2) is 50.4 Å². The number of ether oxygens (including phenoxy) is 2. The number of hydrogen-bond donors (Lipinski definition) is 3. The van der Waals surface area contributed by atoms with E-state index in [0.717, 1.165) is 62.0 Å². The molecule has 1 aliphatic rings. The number of halogens is 1. The van der Waals surface area contributed by atoms with Crippen molar-refractivity contribution in [3.63, 3.8) is 0 Å². The second-order valence-electron chi connectivity index (χ2n) is 7.42. The summed E-state index contributed by atoms with van der Waals surface area (Å²) in [6.07, 6.45) is 4.98. The van der Waals surface area contributed by atoms with Gasteiger partial charge in [0.25, 0.3) is 0 Å². The van der Waals surface area contributed by atoms with Gasteiger partial charge in [-0.2, -0.15) is 0 Å². The minimum atomic E-state index is 0. The Labute approximate surface area is 202 Å². The van der Waals surface area contributed by atoms with Crippen molar-refractivity contribution in [2.45, 2.75) is 38.8 Å². The predicted octanol–water partition coefficient (Wildman–Crippen LogP) is 3.73. The Morgan fingerprint density at radius 2 is 2.06 bits per heavy atom. The summed E-state index contributed by atoms with van der Waals surface area (Å²) >= 11 is 0. The van der Waals surface area contributed by atoms with Gasteiger partial charge in [-0.15, -0.1) is 24.0 Å². The molecule has 31 heavy (non-hydrogen) atoms. The molecule has 1 aromatic heterocycles. The summed E-state index contributed by atoms with van der Waals surface area (Å²) < 4.78 is 11.6. The number of aliphatic imine (C=N–C) groups is 1. The Kier molecular flexibility index (Phi) is 11.4. The molecule has 1 aliphatic heterocycles. The predicted molar refractivity (Wildman–Crippen MR) is 137 cm³/mol. The zero-order chi connectivity index (χ0) is 21.0. The van der Waals surface area contributed by atoms with Gasteiger partial charge in [-0.3, -0.25) is 4.99 Å². The van der Waals surface area contributed by atoms with Crippen LogP contribution < -0.4 is 20.7 Å². The molecule has 0 radical (unpaired) electrons. The van der Waals surface area contributed by atoms with Gasteiger partial charge in [0.15, 0.2) is 5.96 Å². The molecule has 0 saturated carbocycles. The van der Waals surface area contributed by atoms with Crippen molar-refractivity contribution in [1.82, 2.24) is 15.6 Å². The van der Waals surface area contributed by atoms with Crippen LogP contribution in [0.25, 0.3) is 0 Å². The normalized spacial score (nSPS) is 15.8. The summed E-state index contributed by atoms with van der Waals surface area (Å²) in [6.45, 7) is 5.94. The monoisotopic (exact) mass is 539 g/mol. The number of rotatable bonds is 10. The van der Waals surface area contributed by atoms with Crippen LogP contribution in [0.4, 0.5) is 5.82 Å². The lowest BCUT2D eigenvalue weighted by atomic mass is 10.1. The van der Waals surface area contributed by atoms with Crippen LogP contribution in [0.1, 0.15) is 30.4 Å². The Morgan fingerprint density at radius 3 is 2.81 bits per heavy atom. The summed E-state index contributed by atoms with van der Waals surface area (Å²) in [5, 5.41) is 10.1. The average Bonchev–Trinajstić information content (AvgIpc) is 3.27. The number of guanidine groups is 1. The lowest BCUT2D eigenvalue weighted by Gasteiger charge is -2.18. The third-order valence-electron chi connectivity index (χ3n) is 4.94. The number of aromatic nitrogens is 1. The zero-order valence-electron chi connectivity index (χ0n) is 18.4. The summed E-state index contributed by atoms with van der Waals surface area (Å²) in [7, 11) is 1.79. The van der Waals surface area contributed by atoms with Crippen LogP contribution in [0, 0.1) is 6.92 Å². The highest BCUT2D eigenvalue weighted by Gasteiger charge is 2.18. The lowest BCUT2D eigenvalue weighted by Crippen LogP contribution is -2.37. The molecule has 170 valence electrons. The van der Waals surface area contributed by atoms with Crippen molar-refractivity contribution in [2.75, 3.05) is 38.7 Å². The highest BCUT2D eigenvalue weighted by Crippen LogP contribution is 2.23. The van der Waals surface area contributed by atoms with E-state index in [2.05, 4.69) is 51.0 Å². The van der Waals surface area contributed by atoms with Crippen molar-refractivity contribution >= 4 is 35.8 Å². The van der Waals surface area contributed by atoms with Gasteiger partial charge in [0.1, 0.15) is 17.7 Å². The van der Waals surface area contributed by atoms with Gasteiger partial charge in [0.05, 0.1) is 13.2 Å². The molecule has 1 fully saturated rings. The maximum atomic E-state index is 6.18. The van der Waals surface area contributed by atoms with Gasteiger partial charge in [-0.05, 0) is 43.5 Å². The van der Waals surface area contributed by atoms with Crippen molar-refractivity contribution in [1.29, 1.82) is 0 Å². The third kappa shape index (κ3) is 8.90. The third-order valence-corrected chi connectivity index (χ3v) is 4.94. The molecule has 0 amide bonds. The zero-order valence-corrected chi connectivity index (χ0v) is 20.7. The van der Waals surface area contributed by atoms with E-state index in [4.69, 9.17) is 9.47 Å². The van der Waals surface area contributed by atoms with E-state index in [1.165, 1.54) is 5.56 Å². The number of aryl methyl sites for hydroxylation is 1. The summed E-state index contributed by atoms with van der Waals surface area (Å²) in [5.74, 6) is 2.64. The number of anilines is 1. The maximum absolute atomic E-state index is 6.18. The number of nitrogens with one attached hydrogen (secondary N) is 3. The lowest BCUT2D eigenvalue weighted by molar-refractivity contribution is 0.140. The van der Waals surface area contributed by atoms with Gasteiger partial charge >= 0.3 is 0 Å². The van der Waals surface area contributed by atoms with Crippen molar-refractivity contribution < 1.29 is 9.47 Å². The fraction of sp³-hybridized carbons (Fsp3) is 0.478. The van der Waals surface area contributed by atoms with Crippen LogP contribution in [0.5, 0.6) is 5.75 Å². The first-order chi connectivity index (χ1) is 14.7. The molecule has 1 unspecified atom stereocenters. The Hall–Kier alpha value is -2.07.